The van der Waals surface area contributed by atoms with Gasteiger partial charge in [0.2, 0.25) is 0 Å². The second-order valence-corrected chi connectivity index (χ2v) is 4.86. The summed E-state index contributed by atoms with van der Waals surface area (Å²) in [6.45, 7) is 5.12. The van der Waals surface area contributed by atoms with Crippen molar-refractivity contribution in [3.8, 4) is 0 Å². The summed E-state index contributed by atoms with van der Waals surface area (Å²) in [6.07, 6.45) is 11.1. The molecular weight excluding hydrogens is 188 g/mol. The average Bonchev–Trinajstić information content (AvgIpc) is 2.49. The van der Waals surface area contributed by atoms with Crippen LogP contribution < -0.4 is 0 Å². The van der Waals surface area contributed by atoms with Crippen molar-refractivity contribution in [3.05, 3.63) is 12.7 Å². The van der Waals surface area contributed by atoms with Crippen molar-refractivity contribution in [2.24, 2.45) is 0 Å². The average molecular weight is 210 g/mol. The molecule has 0 radical (unpaired) electrons. The first-order valence-electron chi connectivity index (χ1n) is 6.21. The zero-order valence-electron chi connectivity index (χ0n) is 9.54. The molecule has 0 bridgehead atoms. The van der Waals surface area contributed by atoms with Crippen molar-refractivity contribution in [1.29, 1.82) is 0 Å². The van der Waals surface area contributed by atoms with Gasteiger partial charge in [-0.15, -0.1) is 6.58 Å². The summed E-state index contributed by atoms with van der Waals surface area (Å²) < 4.78 is 11.7. The molecule has 1 aliphatic heterocycles. The van der Waals surface area contributed by atoms with E-state index in [4.69, 9.17) is 9.47 Å². The molecule has 2 heteroatoms. The van der Waals surface area contributed by atoms with Gasteiger partial charge in [0.15, 0.2) is 0 Å². The quantitative estimate of drug-likeness (QED) is 0.666. The van der Waals surface area contributed by atoms with Gasteiger partial charge in [0.25, 0.3) is 0 Å². The second-order valence-electron chi connectivity index (χ2n) is 4.86. The smallest absolute Gasteiger partial charge is 0.0840 e. The molecule has 1 saturated heterocycles. The molecule has 1 spiro atoms. The van der Waals surface area contributed by atoms with Gasteiger partial charge in [0.05, 0.1) is 24.9 Å². The lowest BCUT2D eigenvalue weighted by atomic mass is 9.90. The summed E-state index contributed by atoms with van der Waals surface area (Å²) in [5.41, 5.74) is 0.169. The van der Waals surface area contributed by atoms with Crippen LogP contribution in [0.15, 0.2) is 12.7 Å². The number of hydrogen-bond acceptors (Lipinski definition) is 2. The lowest BCUT2D eigenvalue weighted by molar-refractivity contribution is -0.0125. The van der Waals surface area contributed by atoms with E-state index in [1.165, 1.54) is 38.5 Å². The van der Waals surface area contributed by atoms with E-state index in [9.17, 15) is 0 Å². The van der Waals surface area contributed by atoms with Gasteiger partial charge >= 0.3 is 0 Å². The molecule has 1 unspecified atom stereocenters. The molecule has 0 amide bonds. The van der Waals surface area contributed by atoms with Gasteiger partial charge in [-0.1, -0.05) is 31.8 Å². The van der Waals surface area contributed by atoms with Crippen LogP contribution in [0.4, 0.5) is 0 Å². The molecule has 2 fully saturated rings. The summed E-state index contributed by atoms with van der Waals surface area (Å²) in [5.74, 6) is 0. The molecule has 2 nitrogen and oxygen atoms in total. The molecule has 15 heavy (non-hydrogen) atoms. The third-order valence-electron chi connectivity index (χ3n) is 3.64. The van der Waals surface area contributed by atoms with E-state index in [2.05, 4.69) is 6.58 Å². The molecule has 86 valence electrons. The van der Waals surface area contributed by atoms with Gasteiger partial charge < -0.3 is 9.47 Å². The molecule has 1 saturated carbocycles. The predicted molar refractivity (Wildman–Crippen MR) is 60.9 cm³/mol. The van der Waals surface area contributed by atoms with Crippen molar-refractivity contribution >= 4 is 0 Å². The Balaban J connectivity index is 1.85. The lowest BCUT2D eigenvalue weighted by Crippen LogP contribution is -2.27. The zero-order chi connectivity index (χ0) is 10.6. The number of rotatable bonds is 3. The molecule has 0 aromatic heterocycles. The van der Waals surface area contributed by atoms with Crippen molar-refractivity contribution < 1.29 is 9.47 Å². The van der Waals surface area contributed by atoms with E-state index in [0.717, 1.165) is 13.0 Å². The summed E-state index contributed by atoms with van der Waals surface area (Å²) in [6, 6.07) is 0. The van der Waals surface area contributed by atoms with Gasteiger partial charge in [-0.2, -0.15) is 0 Å². The third-order valence-corrected chi connectivity index (χ3v) is 3.64. The monoisotopic (exact) mass is 210 g/mol. The van der Waals surface area contributed by atoms with Gasteiger partial charge in [-0.3, -0.25) is 0 Å². The maximum Gasteiger partial charge on any atom is 0.0840 e. The first-order chi connectivity index (χ1) is 7.35. The summed E-state index contributed by atoms with van der Waals surface area (Å²) >= 11 is 0. The first kappa shape index (κ1) is 11.2. The van der Waals surface area contributed by atoms with Crippen LogP contribution in [0.25, 0.3) is 0 Å². The largest absolute Gasteiger partial charge is 0.372 e. The normalized spacial score (nSPS) is 30.3. The fraction of sp³-hybridized carbons (Fsp3) is 0.846. The molecule has 0 N–H and O–H groups in total. The fourth-order valence-electron chi connectivity index (χ4n) is 2.84. The van der Waals surface area contributed by atoms with E-state index in [1.807, 2.05) is 6.08 Å². The number of hydrogen-bond donors (Lipinski definition) is 0. The maximum atomic E-state index is 6.01. The molecule has 1 heterocycles. The highest BCUT2D eigenvalue weighted by molar-refractivity contribution is 4.91. The Morgan fingerprint density at radius 1 is 1.27 bits per heavy atom. The SMILES string of the molecule is C=CCOC1COC2(CCCCCC2)C1. The Bertz CT molecular complexity index is 205. The van der Waals surface area contributed by atoms with Gasteiger partial charge in [-0.05, 0) is 12.8 Å². The Morgan fingerprint density at radius 2 is 2.00 bits per heavy atom. The van der Waals surface area contributed by atoms with Crippen LogP contribution in [0.5, 0.6) is 0 Å². The molecule has 0 aromatic carbocycles. The van der Waals surface area contributed by atoms with Gasteiger partial charge in [0.1, 0.15) is 0 Å². The Kier molecular flexibility index (Phi) is 3.81. The molecule has 2 rings (SSSR count). The minimum Gasteiger partial charge on any atom is -0.372 e. The first-order valence-corrected chi connectivity index (χ1v) is 6.21. The summed E-state index contributed by atoms with van der Waals surface area (Å²) in [5, 5.41) is 0. The van der Waals surface area contributed by atoms with Crippen LogP contribution in [0.1, 0.15) is 44.9 Å². The summed E-state index contributed by atoms with van der Waals surface area (Å²) in [7, 11) is 0. The highest BCUT2D eigenvalue weighted by Crippen LogP contribution is 2.39. The van der Waals surface area contributed by atoms with Crippen molar-refractivity contribution in [1.82, 2.24) is 0 Å². The highest BCUT2D eigenvalue weighted by atomic mass is 16.6. The molecule has 2 aliphatic rings. The van der Waals surface area contributed by atoms with Crippen LogP contribution in [-0.2, 0) is 9.47 Å². The van der Waals surface area contributed by atoms with Crippen molar-refractivity contribution in [2.45, 2.75) is 56.7 Å². The molecular formula is C13H22O2. The van der Waals surface area contributed by atoms with Crippen LogP contribution in [0.3, 0.4) is 0 Å². The minimum absolute atomic E-state index is 0.169. The minimum atomic E-state index is 0.169. The van der Waals surface area contributed by atoms with E-state index in [-0.39, 0.29) is 5.60 Å². The van der Waals surface area contributed by atoms with E-state index < -0.39 is 0 Å². The molecule has 1 atom stereocenters. The third kappa shape index (κ3) is 2.82. The Hall–Kier alpha value is -0.340. The fourth-order valence-corrected chi connectivity index (χ4v) is 2.84. The predicted octanol–water partition coefficient (Wildman–Crippen LogP) is 3.07. The van der Waals surface area contributed by atoms with Gasteiger partial charge in [0, 0.05) is 6.42 Å². The van der Waals surface area contributed by atoms with Crippen LogP contribution >= 0.6 is 0 Å². The van der Waals surface area contributed by atoms with Crippen molar-refractivity contribution in [3.63, 3.8) is 0 Å². The Morgan fingerprint density at radius 3 is 2.67 bits per heavy atom. The van der Waals surface area contributed by atoms with Crippen LogP contribution in [0, 0.1) is 0 Å². The van der Waals surface area contributed by atoms with E-state index >= 15 is 0 Å². The standard InChI is InChI=1S/C13H22O2/c1-2-9-14-12-10-13(15-11-12)7-5-3-4-6-8-13/h2,12H,1,3-11H2. The second kappa shape index (κ2) is 5.13. The zero-order valence-corrected chi connectivity index (χ0v) is 9.54. The summed E-state index contributed by atoms with van der Waals surface area (Å²) in [4.78, 5) is 0. The van der Waals surface area contributed by atoms with E-state index in [0.29, 0.717) is 12.7 Å². The highest BCUT2D eigenvalue weighted by Gasteiger charge is 2.40. The molecule has 1 aliphatic carbocycles. The number of ether oxygens (including phenoxy) is 2. The van der Waals surface area contributed by atoms with E-state index in [1.54, 1.807) is 0 Å². The Labute approximate surface area is 92.6 Å². The lowest BCUT2D eigenvalue weighted by Gasteiger charge is -2.26. The topological polar surface area (TPSA) is 18.5 Å². The van der Waals surface area contributed by atoms with Crippen molar-refractivity contribution in [2.75, 3.05) is 13.2 Å². The van der Waals surface area contributed by atoms with Gasteiger partial charge in [-0.25, -0.2) is 0 Å². The maximum absolute atomic E-state index is 6.01. The molecule has 0 aromatic rings. The van der Waals surface area contributed by atoms with Crippen LogP contribution in [0.2, 0.25) is 0 Å². The van der Waals surface area contributed by atoms with Crippen LogP contribution in [-0.4, -0.2) is 24.9 Å².